The predicted molar refractivity (Wildman–Crippen MR) is 144 cm³/mol. The number of methoxy groups -OCH3 is 1. The smallest absolute Gasteiger partial charge is 0.227 e. The summed E-state index contributed by atoms with van der Waals surface area (Å²) in [4.78, 5) is 28.3. The van der Waals surface area contributed by atoms with E-state index in [2.05, 4.69) is 33.9 Å². The predicted octanol–water partition coefficient (Wildman–Crippen LogP) is 2.28. The van der Waals surface area contributed by atoms with E-state index in [1.807, 2.05) is 27.8 Å². The molecule has 2 aliphatic heterocycles. The van der Waals surface area contributed by atoms with Crippen molar-refractivity contribution in [1.29, 1.82) is 0 Å². The van der Waals surface area contributed by atoms with Crippen molar-refractivity contribution in [2.24, 2.45) is 0 Å². The third-order valence-corrected chi connectivity index (χ3v) is 7.83. The Hall–Kier alpha value is -3.24. The number of rotatable bonds is 8. The second kappa shape index (κ2) is 11.0. The van der Waals surface area contributed by atoms with Crippen LogP contribution in [0.3, 0.4) is 0 Å². The molecule has 4 heterocycles. The summed E-state index contributed by atoms with van der Waals surface area (Å²) in [6, 6.07) is 6.54. The Kier molecular flexibility index (Phi) is 7.57. The van der Waals surface area contributed by atoms with Crippen molar-refractivity contribution in [1.82, 2.24) is 34.4 Å². The van der Waals surface area contributed by atoms with Gasteiger partial charge in [0.1, 0.15) is 23.6 Å². The van der Waals surface area contributed by atoms with Gasteiger partial charge in [-0.15, -0.1) is 0 Å². The van der Waals surface area contributed by atoms with Gasteiger partial charge >= 0.3 is 0 Å². The van der Waals surface area contributed by atoms with E-state index < -0.39 is 0 Å². The van der Waals surface area contributed by atoms with Gasteiger partial charge in [-0.05, 0) is 58.9 Å². The Morgan fingerprint density at radius 3 is 2.57 bits per heavy atom. The molecule has 10 nitrogen and oxygen atoms in total. The summed E-state index contributed by atoms with van der Waals surface area (Å²) in [5, 5.41) is 5.69. The minimum Gasteiger partial charge on any atom is -0.496 e. The summed E-state index contributed by atoms with van der Waals surface area (Å²) in [7, 11) is 5.96. The monoisotopic (exact) mass is 506 g/mol. The molecule has 2 N–H and O–H groups in total. The molecule has 1 amide bonds. The van der Waals surface area contributed by atoms with E-state index in [9.17, 15) is 4.79 Å². The molecule has 0 spiro atoms. The number of anilines is 1. The minimum atomic E-state index is 0.144. The van der Waals surface area contributed by atoms with E-state index in [4.69, 9.17) is 15.6 Å². The highest BCUT2D eigenvalue weighted by Crippen LogP contribution is 2.33. The van der Waals surface area contributed by atoms with Crippen LogP contribution in [0.5, 0.6) is 5.75 Å². The van der Waals surface area contributed by atoms with Crippen LogP contribution >= 0.6 is 0 Å². The topological polar surface area (TPSA) is 106 Å². The number of amides is 1. The fourth-order valence-electron chi connectivity index (χ4n) is 5.56. The zero-order valence-corrected chi connectivity index (χ0v) is 22.2. The van der Waals surface area contributed by atoms with Gasteiger partial charge in [0, 0.05) is 36.8 Å². The Bertz CT molecular complexity index is 1240. The molecule has 1 aromatic carbocycles. The molecular weight excluding hydrogens is 468 g/mol. The highest BCUT2D eigenvalue weighted by Gasteiger charge is 2.23. The van der Waals surface area contributed by atoms with Crippen LogP contribution in [-0.4, -0.2) is 100 Å². The molecule has 198 valence electrons. The summed E-state index contributed by atoms with van der Waals surface area (Å²) in [5.74, 6) is 1.22. The molecule has 0 saturated carbocycles. The Labute approximate surface area is 218 Å². The molecule has 2 fully saturated rings. The van der Waals surface area contributed by atoms with Gasteiger partial charge in [0.25, 0.3) is 0 Å². The number of carbonyl (C=O) groups excluding carboxylic acids is 1. The van der Waals surface area contributed by atoms with E-state index in [0.29, 0.717) is 24.0 Å². The zero-order chi connectivity index (χ0) is 25.9. The maximum atomic E-state index is 12.7. The van der Waals surface area contributed by atoms with Crippen LogP contribution in [0, 0.1) is 0 Å². The first-order chi connectivity index (χ1) is 17.9. The first-order valence-corrected chi connectivity index (χ1v) is 13.3. The van der Waals surface area contributed by atoms with E-state index in [0.717, 1.165) is 80.0 Å². The number of nitrogens with two attached hydrogens (primary N) is 1. The first-order valence-electron chi connectivity index (χ1n) is 13.3. The summed E-state index contributed by atoms with van der Waals surface area (Å²) in [6.07, 6.45) is 6.34. The first kappa shape index (κ1) is 25.4. The second-order valence-corrected chi connectivity index (χ2v) is 10.4. The lowest BCUT2D eigenvalue weighted by Crippen LogP contribution is -2.42. The van der Waals surface area contributed by atoms with Crippen molar-refractivity contribution in [2.45, 2.75) is 44.7 Å². The van der Waals surface area contributed by atoms with Gasteiger partial charge in [-0.2, -0.15) is 5.10 Å². The van der Waals surface area contributed by atoms with Gasteiger partial charge in [0.15, 0.2) is 5.65 Å². The van der Waals surface area contributed by atoms with Crippen LogP contribution < -0.4 is 10.5 Å². The van der Waals surface area contributed by atoms with Gasteiger partial charge in [0.05, 0.1) is 25.5 Å². The minimum absolute atomic E-state index is 0.144. The van der Waals surface area contributed by atoms with Gasteiger partial charge in [-0.3, -0.25) is 4.79 Å². The van der Waals surface area contributed by atoms with Gasteiger partial charge < -0.3 is 25.2 Å². The molecule has 2 aromatic heterocycles. The highest BCUT2D eigenvalue weighted by molar-refractivity contribution is 5.98. The SMILES string of the molecule is COc1cc(-c2nn(CCN3CCC(N(C)C)CC3)c3ncnc(N)c23)ccc1CC(=O)N1CCCC1. The Morgan fingerprint density at radius 1 is 1.11 bits per heavy atom. The summed E-state index contributed by atoms with van der Waals surface area (Å²) >= 11 is 0. The molecule has 2 aliphatic rings. The fourth-order valence-corrected chi connectivity index (χ4v) is 5.56. The molecule has 0 radical (unpaired) electrons. The lowest BCUT2D eigenvalue weighted by atomic mass is 10.0. The van der Waals surface area contributed by atoms with Crippen molar-refractivity contribution in [3.8, 4) is 17.0 Å². The quantitative estimate of drug-likeness (QED) is 0.496. The molecule has 0 bridgehead atoms. The summed E-state index contributed by atoms with van der Waals surface area (Å²) in [6.45, 7) is 5.48. The third-order valence-electron chi connectivity index (χ3n) is 7.83. The lowest BCUT2D eigenvalue weighted by Gasteiger charge is -2.35. The van der Waals surface area contributed by atoms with Crippen LogP contribution in [0.2, 0.25) is 0 Å². The number of hydrogen-bond donors (Lipinski definition) is 1. The van der Waals surface area contributed by atoms with Crippen molar-refractivity contribution in [3.05, 3.63) is 30.1 Å². The zero-order valence-electron chi connectivity index (χ0n) is 22.2. The van der Waals surface area contributed by atoms with Crippen molar-refractivity contribution in [2.75, 3.05) is 59.7 Å². The van der Waals surface area contributed by atoms with Gasteiger partial charge in [-0.1, -0.05) is 12.1 Å². The molecule has 5 rings (SSSR count). The van der Waals surface area contributed by atoms with Crippen LogP contribution in [0.25, 0.3) is 22.3 Å². The van der Waals surface area contributed by atoms with E-state index in [-0.39, 0.29) is 5.91 Å². The second-order valence-electron chi connectivity index (χ2n) is 10.4. The highest BCUT2D eigenvalue weighted by atomic mass is 16.5. The number of nitrogens with zero attached hydrogens (tertiary/aromatic N) is 7. The Balaban J connectivity index is 1.38. The van der Waals surface area contributed by atoms with Crippen LogP contribution in [0.4, 0.5) is 5.82 Å². The summed E-state index contributed by atoms with van der Waals surface area (Å²) in [5.41, 5.74) is 9.53. The van der Waals surface area contributed by atoms with Crippen LogP contribution in [0.1, 0.15) is 31.2 Å². The fraction of sp³-hybridized carbons (Fsp3) is 0.556. The number of fused-ring (bicyclic) bond motifs is 1. The van der Waals surface area contributed by atoms with Crippen molar-refractivity contribution >= 4 is 22.8 Å². The van der Waals surface area contributed by atoms with Gasteiger partial charge in [0.2, 0.25) is 5.91 Å². The average Bonchev–Trinajstić information content (AvgIpc) is 3.57. The van der Waals surface area contributed by atoms with E-state index in [1.165, 1.54) is 19.2 Å². The largest absolute Gasteiger partial charge is 0.496 e. The molecule has 10 heteroatoms. The van der Waals surface area contributed by atoms with E-state index in [1.54, 1.807) is 7.11 Å². The normalized spacial score (nSPS) is 17.2. The maximum absolute atomic E-state index is 12.7. The van der Waals surface area contributed by atoms with Crippen molar-refractivity contribution < 1.29 is 9.53 Å². The Morgan fingerprint density at radius 2 is 1.86 bits per heavy atom. The summed E-state index contributed by atoms with van der Waals surface area (Å²) < 4.78 is 7.64. The number of aromatic nitrogens is 4. The van der Waals surface area contributed by atoms with Crippen molar-refractivity contribution in [3.63, 3.8) is 0 Å². The molecule has 3 aromatic rings. The number of carbonyl (C=O) groups is 1. The van der Waals surface area contributed by atoms with Crippen LogP contribution in [-0.2, 0) is 17.8 Å². The molecule has 0 unspecified atom stereocenters. The average molecular weight is 507 g/mol. The maximum Gasteiger partial charge on any atom is 0.227 e. The molecule has 37 heavy (non-hydrogen) atoms. The standard InChI is InChI=1S/C27H38N8O2/c1-32(2)21-8-12-33(13-9-21)14-15-35-27-24(26(28)29-18-30-27)25(31-35)20-7-6-19(22(16-20)37-3)17-23(36)34-10-4-5-11-34/h6-7,16,18,21H,4-5,8-15,17H2,1-3H3,(H2,28,29,30). The molecule has 2 saturated heterocycles. The molecular formula is C27H38N8O2. The number of likely N-dealkylation sites (tertiary alicyclic amines) is 2. The molecule has 0 atom stereocenters. The number of nitrogen functional groups attached to an aromatic ring is 1. The van der Waals surface area contributed by atoms with Gasteiger partial charge in [-0.25, -0.2) is 14.6 Å². The van der Waals surface area contributed by atoms with Crippen LogP contribution in [0.15, 0.2) is 24.5 Å². The van der Waals surface area contributed by atoms with E-state index >= 15 is 0 Å². The number of piperidine rings is 1. The lowest BCUT2D eigenvalue weighted by molar-refractivity contribution is -0.129. The molecule has 0 aliphatic carbocycles. The number of benzene rings is 1. The third kappa shape index (κ3) is 5.40. The number of ether oxygens (including phenoxy) is 1. The number of hydrogen-bond acceptors (Lipinski definition) is 8.